The van der Waals surface area contributed by atoms with Gasteiger partial charge in [-0.25, -0.2) is 14.6 Å². The molecule has 2 aliphatic rings. The van der Waals surface area contributed by atoms with Crippen molar-refractivity contribution in [1.82, 2.24) is 24.6 Å². The van der Waals surface area contributed by atoms with Gasteiger partial charge >= 0.3 is 12.2 Å². The summed E-state index contributed by atoms with van der Waals surface area (Å²) in [6.07, 6.45) is 0.955. The molecule has 1 aliphatic carbocycles. The molecule has 0 aromatic carbocycles. The van der Waals surface area contributed by atoms with Crippen LogP contribution in [0.2, 0.25) is 0 Å². The van der Waals surface area contributed by atoms with E-state index in [0.29, 0.717) is 39.8 Å². The highest BCUT2D eigenvalue weighted by Gasteiger charge is 2.55. The highest BCUT2D eigenvalue weighted by molar-refractivity contribution is 7.22. The van der Waals surface area contributed by atoms with E-state index in [2.05, 4.69) is 15.1 Å². The topological polar surface area (TPSA) is 130 Å². The van der Waals surface area contributed by atoms with Crippen molar-refractivity contribution in [2.24, 2.45) is 11.8 Å². The number of aromatic nitrogens is 4. The fraction of sp³-hybridized carbons (Fsp3) is 0.476. The molecule has 2 unspecified atom stereocenters. The fourth-order valence-corrected chi connectivity index (χ4v) is 5.40. The molecule has 4 heterocycles. The maximum absolute atomic E-state index is 12.8. The van der Waals surface area contributed by atoms with Crippen molar-refractivity contribution in [1.29, 1.82) is 0 Å². The second kappa shape index (κ2) is 6.89. The van der Waals surface area contributed by atoms with E-state index in [-0.39, 0.29) is 11.5 Å². The van der Waals surface area contributed by atoms with Gasteiger partial charge in [-0.1, -0.05) is 0 Å². The number of ether oxygens (including phenoxy) is 1. The zero-order valence-corrected chi connectivity index (χ0v) is 18.9. The smallest absolute Gasteiger partial charge is 0.435 e. The van der Waals surface area contributed by atoms with E-state index in [1.54, 1.807) is 40.0 Å². The zero-order valence-electron chi connectivity index (χ0n) is 18.1. The standard InChI is InChI=1S/C21H23N5O5S/c1-9-12(8-26(24-9)20(30)31-21(2,3)4)14-6-13-16(32-14)18(27)23-17(22-13)15-11-5-10(11)7-25(15)19(28)29/h6,8,10-11,15H,5,7H2,1-4H3,(H,28,29)(H,22,23,27)/t10-,11?,15?/m1/s1. The molecule has 1 saturated heterocycles. The number of aromatic amines is 1. The van der Waals surface area contributed by atoms with E-state index in [9.17, 15) is 19.5 Å². The summed E-state index contributed by atoms with van der Waals surface area (Å²) in [5.74, 6) is 0.941. The number of nitrogens with one attached hydrogen (secondary N) is 1. The predicted octanol–water partition coefficient (Wildman–Crippen LogP) is 3.61. The van der Waals surface area contributed by atoms with Gasteiger partial charge in [-0.05, 0) is 52.0 Å². The number of piperidine rings is 1. The number of carboxylic acid groups (broad SMARTS) is 1. The van der Waals surface area contributed by atoms with Gasteiger partial charge in [0.1, 0.15) is 16.1 Å². The second-order valence-corrected chi connectivity index (χ2v) is 10.4. The second-order valence-electron chi connectivity index (χ2n) is 9.37. The molecule has 2 fully saturated rings. The van der Waals surface area contributed by atoms with E-state index in [1.165, 1.54) is 16.2 Å². The first kappa shape index (κ1) is 20.7. The average Bonchev–Trinajstić information content (AvgIpc) is 3.04. The highest BCUT2D eigenvalue weighted by Crippen LogP contribution is 2.55. The van der Waals surface area contributed by atoms with Gasteiger partial charge in [-0.2, -0.15) is 9.78 Å². The number of thiophene rings is 1. The van der Waals surface area contributed by atoms with Crippen molar-refractivity contribution in [3.8, 4) is 10.4 Å². The molecule has 0 radical (unpaired) electrons. The maximum atomic E-state index is 12.8. The Hall–Kier alpha value is -3.21. The van der Waals surface area contributed by atoms with Gasteiger partial charge in [0.15, 0.2) is 0 Å². The fourth-order valence-electron chi connectivity index (χ4n) is 4.35. The number of nitrogens with zero attached hydrogens (tertiary/aromatic N) is 4. The molecule has 1 saturated carbocycles. The number of hydrogen-bond acceptors (Lipinski definition) is 7. The zero-order chi connectivity index (χ0) is 22.9. The average molecular weight is 458 g/mol. The minimum atomic E-state index is -0.999. The third-order valence-corrected chi connectivity index (χ3v) is 6.98. The van der Waals surface area contributed by atoms with Crippen LogP contribution in [-0.2, 0) is 4.74 Å². The van der Waals surface area contributed by atoms with Gasteiger partial charge in [0.05, 0.1) is 17.3 Å². The van der Waals surface area contributed by atoms with E-state index >= 15 is 0 Å². The maximum Gasteiger partial charge on any atom is 0.435 e. The van der Waals surface area contributed by atoms with Crippen molar-refractivity contribution >= 4 is 33.7 Å². The molecule has 32 heavy (non-hydrogen) atoms. The van der Waals surface area contributed by atoms with Gasteiger partial charge in [0, 0.05) is 23.2 Å². The number of carbonyl (C=O) groups excluding carboxylic acids is 1. The molecule has 2 N–H and O–H groups in total. The van der Waals surface area contributed by atoms with Crippen molar-refractivity contribution < 1.29 is 19.4 Å². The lowest BCUT2D eigenvalue weighted by molar-refractivity contribution is 0.0514. The Kier molecular flexibility index (Phi) is 4.45. The molecule has 1 amide bonds. The van der Waals surface area contributed by atoms with Gasteiger partial charge < -0.3 is 14.8 Å². The number of aryl methyl sites for hydroxylation is 1. The third-order valence-electron chi connectivity index (χ3n) is 5.82. The highest BCUT2D eigenvalue weighted by atomic mass is 32.1. The molecule has 3 atom stereocenters. The molecule has 1 aliphatic heterocycles. The van der Waals surface area contributed by atoms with Crippen LogP contribution in [0.3, 0.4) is 0 Å². The molecule has 5 rings (SSSR count). The Bertz CT molecular complexity index is 1320. The van der Waals surface area contributed by atoms with Gasteiger partial charge in [0.25, 0.3) is 5.56 Å². The summed E-state index contributed by atoms with van der Waals surface area (Å²) < 4.78 is 6.96. The van der Waals surface area contributed by atoms with Crippen molar-refractivity contribution in [2.45, 2.75) is 45.8 Å². The van der Waals surface area contributed by atoms with Crippen LogP contribution in [-0.4, -0.2) is 54.1 Å². The number of H-pyrrole nitrogens is 1. The van der Waals surface area contributed by atoms with Crippen LogP contribution in [0.4, 0.5) is 9.59 Å². The van der Waals surface area contributed by atoms with E-state index in [0.717, 1.165) is 16.0 Å². The lowest BCUT2D eigenvalue weighted by Gasteiger charge is -2.23. The van der Waals surface area contributed by atoms with Gasteiger partial charge in [-0.15, -0.1) is 11.3 Å². The summed E-state index contributed by atoms with van der Waals surface area (Å²) in [4.78, 5) is 46.3. The Morgan fingerprint density at radius 1 is 1.34 bits per heavy atom. The van der Waals surface area contributed by atoms with E-state index < -0.39 is 23.8 Å². The van der Waals surface area contributed by atoms with Gasteiger partial charge in [-0.3, -0.25) is 9.69 Å². The summed E-state index contributed by atoms with van der Waals surface area (Å²) in [6.45, 7) is 7.60. The van der Waals surface area contributed by atoms with Crippen LogP contribution in [0, 0.1) is 18.8 Å². The molecular weight excluding hydrogens is 434 g/mol. The predicted molar refractivity (Wildman–Crippen MR) is 117 cm³/mol. The normalized spacial score (nSPS) is 22.2. The summed E-state index contributed by atoms with van der Waals surface area (Å²) in [5, 5.41) is 13.8. The molecule has 11 heteroatoms. The lowest BCUT2D eigenvalue weighted by atomic mass is 10.1. The number of hydrogen-bond donors (Lipinski definition) is 2. The van der Waals surface area contributed by atoms with Crippen LogP contribution >= 0.6 is 11.3 Å². The minimum Gasteiger partial charge on any atom is -0.465 e. The first-order valence-corrected chi connectivity index (χ1v) is 11.2. The van der Waals surface area contributed by atoms with Crippen LogP contribution in [0.25, 0.3) is 20.7 Å². The number of rotatable bonds is 2. The molecule has 3 aromatic heterocycles. The van der Waals surface area contributed by atoms with Crippen molar-refractivity contribution in [3.05, 3.63) is 34.1 Å². The molecule has 3 aromatic rings. The van der Waals surface area contributed by atoms with Crippen LogP contribution in [0.5, 0.6) is 0 Å². The lowest BCUT2D eigenvalue weighted by Crippen LogP contribution is -2.33. The van der Waals surface area contributed by atoms with Crippen molar-refractivity contribution in [3.63, 3.8) is 0 Å². The molecule has 168 valence electrons. The number of fused-ring (bicyclic) bond motifs is 2. The Morgan fingerprint density at radius 3 is 2.78 bits per heavy atom. The molecule has 10 nitrogen and oxygen atoms in total. The summed E-state index contributed by atoms with van der Waals surface area (Å²) in [6, 6.07) is 1.36. The third kappa shape index (κ3) is 3.46. The number of amides is 1. The van der Waals surface area contributed by atoms with E-state index in [1.807, 2.05) is 0 Å². The van der Waals surface area contributed by atoms with Gasteiger partial charge in [0.2, 0.25) is 0 Å². The number of likely N-dealkylation sites (tertiary alicyclic amines) is 1. The van der Waals surface area contributed by atoms with Crippen molar-refractivity contribution in [2.75, 3.05) is 6.54 Å². The largest absolute Gasteiger partial charge is 0.465 e. The SMILES string of the molecule is Cc1nn(C(=O)OC(C)(C)C)cc1-c1cc2nc(C3C4C[C@@H]4CN3C(=O)O)[nH]c(=O)c2s1. The van der Waals surface area contributed by atoms with Crippen LogP contribution in [0.1, 0.15) is 44.8 Å². The monoisotopic (exact) mass is 457 g/mol. The van der Waals surface area contributed by atoms with E-state index in [4.69, 9.17) is 4.74 Å². The molecule has 0 bridgehead atoms. The molecular formula is C21H23N5O5S. The first-order chi connectivity index (χ1) is 15.0. The van der Waals surface area contributed by atoms with Crippen LogP contribution in [0.15, 0.2) is 17.1 Å². The molecule has 0 spiro atoms. The summed E-state index contributed by atoms with van der Waals surface area (Å²) in [5.41, 5.74) is 0.880. The summed E-state index contributed by atoms with van der Waals surface area (Å²) in [7, 11) is 0. The van der Waals surface area contributed by atoms with Crippen LogP contribution < -0.4 is 5.56 Å². The minimum absolute atomic E-state index is 0.208. The first-order valence-electron chi connectivity index (χ1n) is 10.3. The Morgan fingerprint density at radius 2 is 2.09 bits per heavy atom. The summed E-state index contributed by atoms with van der Waals surface area (Å²) >= 11 is 1.26. The Balaban J connectivity index is 1.51. The quantitative estimate of drug-likeness (QED) is 0.601. The number of carbonyl (C=O) groups is 2. The Labute approximate surface area is 186 Å².